The van der Waals surface area contributed by atoms with Gasteiger partial charge in [0, 0.05) is 13.1 Å². The van der Waals surface area contributed by atoms with Crippen LogP contribution in [-0.2, 0) is 7.05 Å². The third-order valence-corrected chi connectivity index (χ3v) is 4.90. The van der Waals surface area contributed by atoms with Gasteiger partial charge in [0.05, 0.1) is 17.1 Å². The summed E-state index contributed by atoms with van der Waals surface area (Å²) in [4.78, 5) is 4.68. The van der Waals surface area contributed by atoms with E-state index in [1.807, 2.05) is 13.1 Å². The minimum atomic E-state index is -0.213. The van der Waals surface area contributed by atoms with E-state index in [-0.39, 0.29) is 5.82 Å². The molecule has 2 heterocycles. The Morgan fingerprint density at radius 3 is 3.16 bits per heavy atom. The third kappa shape index (κ3) is 1.62. The molecule has 4 rings (SSSR count). The summed E-state index contributed by atoms with van der Waals surface area (Å²) in [5, 5.41) is 3.61. The Bertz CT molecular complexity index is 634. The lowest BCUT2D eigenvalue weighted by atomic mass is 9.94. The lowest BCUT2D eigenvalue weighted by Crippen LogP contribution is -2.21. The summed E-state index contributed by atoms with van der Waals surface area (Å²) >= 11 is 0. The van der Waals surface area contributed by atoms with Crippen LogP contribution >= 0.6 is 0 Å². The van der Waals surface area contributed by atoms with Crippen molar-refractivity contribution in [3.8, 4) is 0 Å². The third-order valence-electron chi connectivity index (χ3n) is 4.90. The molecule has 100 valence electrons. The first kappa shape index (κ1) is 11.4. The van der Waals surface area contributed by atoms with Crippen molar-refractivity contribution in [2.75, 3.05) is 6.54 Å². The molecule has 2 aromatic rings. The number of hydrogen-bond donors (Lipinski definition) is 1. The fourth-order valence-corrected chi connectivity index (χ4v) is 3.94. The van der Waals surface area contributed by atoms with E-state index in [0.29, 0.717) is 12.0 Å². The monoisotopic (exact) mass is 259 g/mol. The Kier molecular flexibility index (Phi) is 2.42. The van der Waals surface area contributed by atoms with Crippen molar-refractivity contribution in [3.05, 3.63) is 29.8 Å². The zero-order valence-corrected chi connectivity index (χ0v) is 11.1. The van der Waals surface area contributed by atoms with Gasteiger partial charge in [-0.25, -0.2) is 9.37 Å². The van der Waals surface area contributed by atoms with Crippen molar-refractivity contribution < 1.29 is 4.39 Å². The molecule has 0 amide bonds. The van der Waals surface area contributed by atoms with E-state index in [0.717, 1.165) is 29.3 Å². The molecular weight excluding hydrogens is 241 g/mol. The van der Waals surface area contributed by atoms with E-state index in [1.54, 1.807) is 0 Å². The number of aryl methyl sites for hydroxylation is 1. The largest absolute Gasteiger partial charge is 0.330 e. The van der Waals surface area contributed by atoms with Crippen LogP contribution in [0.1, 0.15) is 31.1 Å². The topological polar surface area (TPSA) is 29.9 Å². The highest BCUT2D eigenvalue weighted by Gasteiger charge is 2.41. The summed E-state index contributed by atoms with van der Waals surface area (Å²) in [5.41, 5.74) is 1.78. The van der Waals surface area contributed by atoms with Crippen molar-refractivity contribution >= 4 is 11.0 Å². The van der Waals surface area contributed by atoms with Crippen molar-refractivity contribution in [1.82, 2.24) is 14.9 Å². The zero-order chi connectivity index (χ0) is 13.0. The maximum atomic E-state index is 13.3. The number of nitrogens with one attached hydrogen (secondary N) is 1. The highest BCUT2D eigenvalue weighted by molar-refractivity contribution is 5.76. The maximum absolute atomic E-state index is 13.3. The number of benzene rings is 1. The average Bonchev–Trinajstić information content (AvgIpc) is 3.04. The van der Waals surface area contributed by atoms with E-state index in [1.165, 1.54) is 31.4 Å². The predicted octanol–water partition coefficient (Wildman–Crippen LogP) is 2.77. The molecule has 1 aliphatic heterocycles. The number of rotatable bonds is 1. The molecule has 1 saturated carbocycles. The molecule has 19 heavy (non-hydrogen) atoms. The van der Waals surface area contributed by atoms with Crippen LogP contribution in [0.3, 0.4) is 0 Å². The van der Waals surface area contributed by atoms with Gasteiger partial charge < -0.3 is 9.88 Å². The Morgan fingerprint density at radius 1 is 1.37 bits per heavy atom. The smallest absolute Gasteiger partial charge is 0.127 e. The standard InChI is InChI=1S/C15H18FN3/c1-19-13-6-5-10(16)7-12(13)18-15(19)14-11-4-2-3-9(11)8-17-14/h5-7,9,11,14,17H,2-4,8H2,1H3. The van der Waals surface area contributed by atoms with Crippen molar-refractivity contribution in [2.45, 2.75) is 25.3 Å². The minimum absolute atomic E-state index is 0.213. The number of aromatic nitrogens is 2. The molecule has 1 saturated heterocycles. The summed E-state index contributed by atoms with van der Waals surface area (Å²) in [5.74, 6) is 2.37. The molecular formula is C15H18FN3. The van der Waals surface area contributed by atoms with Crippen LogP contribution in [0, 0.1) is 17.7 Å². The van der Waals surface area contributed by atoms with Gasteiger partial charge in [-0.3, -0.25) is 0 Å². The first-order valence-electron chi connectivity index (χ1n) is 7.09. The van der Waals surface area contributed by atoms with Gasteiger partial charge in [0.25, 0.3) is 0 Å². The Balaban J connectivity index is 1.80. The van der Waals surface area contributed by atoms with Crippen LogP contribution in [0.5, 0.6) is 0 Å². The van der Waals surface area contributed by atoms with Crippen molar-refractivity contribution in [1.29, 1.82) is 0 Å². The number of imidazole rings is 1. The quantitative estimate of drug-likeness (QED) is 0.853. The van der Waals surface area contributed by atoms with Crippen LogP contribution in [0.15, 0.2) is 18.2 Å². The van der Waals surface area contributed by atoms with Crippen LogP contribution in [0.25, 0.3) is 11.0 Å². The summed E-state index contributed by atoms with van der Waals surface area (Å²) in [6.45, 7) is 1.10. The summed E-state index contributed by atoms with van der Waals surface area (Å²) in [6, 6.07) is 5.20. The summed E-state index contributed by atoms with van der Waals surface area (Å²) < 4.78 is 15.4. The molecule has 0 radical (unpaired) electrons. The molecule has 1 aromatic heterocycles. The van der Waals surface area contributed by atoms with E-state index < -0.39 is 0 Å². The predicted molar refractivity (Wildman–Crippen MR) is 72.2 cm³/mol. The van der Waals surface area contributed by atoms with E-state index in [4.69, 9.17) is 0 Å². The van der Waals surface area contributed by atoms with Crippen molar-refractivity contribution in [2.24, 2.45) is 18.9 Å². The zero-order valence-electron chi connectivity index (χ0n) is 11.1. The maximum Gasteiger partial charge on any atom is 0.127 e. The Morgan fingerprint density at radius 2 is 2.26 bits per heavy atom. The SMILES string of the molecule is Cn1c(C2NCC3CCCC32)nc2cc(F)ccc21. The second-order valence-corrected chi connectivity index (χ2v) is 5.90. The van der Waals surface area contributed by atoms with E-state index in [2.05, 4.69) is 14.9 Å². The lowest BCUT2D eigenvalue weighted by molar-refractivity contribution is 0.402. The van der Waals surface area contributed by atoms with Gasteiger partial charge in [-0.15, -0.1) is 0 Å². The summed E-state index contributed by atoms with van der Waals surface area (Å²) in [6.07, 6.45) is 3.97. The molecule has 2 fully saturated rings. The van der Waals surface area contributed by atoms with Gasteiger partial charge in [-0.05, 0) is 43.4 Å². The van der Waals surface area contributed by atoms with Crippen LogP contribution in [0.2, 0.25) is 0 Å². The molecule has 4 heteroatoms. The highest BCUT2D eigenvalue weighted by Crippen LogP contribution is 2.44. The van der Waals surface area contributed by atoms with Gasteiger partial charge in [-0.1, -0.05) is 6.42 Å². The molecule has 3 atom stereocenters. The second kappa shape index (κ2) is 4.04. The second-order valence-electron chi connectivity index (χ2n) is 5.90. The van der Waals surface area contributed by atoms with E-state index >= 15 is 0 Å². The highest BCUT2D eigenvalue weighted by atomic mass is 19.1. The van der Waals surface area contributed by atoms with Crippen LogP contribution < -0.4 is 5.32 Å². The first-order chi connectivity index (χ1) is 9.24. The van der Waals surface area contributed by atoms with Gasteiger partial charge >= 0.3 is 0 Å². The summed E-state index contributed by atoms with van der Waals surface area (Å²) in [7, 11) is 2.03. The van der Waals surface area contributed by atoms with Gasteiger partial charge in [-0.2, -0.15) is 0 Å². The van der Waals surface area contributed by atoms with E-state index in [9.17, 15) is 4.39 Å². The fourth-order valence-electron chi connectivity index (χ4n) is 3.94. The molecule has 1 aromatic carbocycles. The lowest BCUT2D eigenvalue weighted by Gasteiger charge is -2.17. The molecule has 0 bridgehead atoms. The molecule has 1 N–H and O–H groups in total. The van der Waals surface area contributed by atoms with Crippen LogP contribution in [-0.4, -0.2) is 16.1 Å². The number of hydrogen-bond acceptors (Lipinski definition) is 2. The molecule has 2 aliphatic rings. The Labute approximate surface area is 111 Å². The van der Waals surface area contributed by atoms with Gasteiger partial charge in [0.2, 0.25) is 0 Å². The van der Waals surface area contributed by atoms with Crippen LogP contribution in [0.4, 0.5) is 4.39 Å². The van der Waals surface area contributed by atoms with Crippen molar-refractivity contribution in [3.63, 3.8) is 0 Å². The normalized spacial score (nSPS) is 30.1. The molecule has 0 spiro atoms. The molecule has 3 nitrogen and oxygen atoms in total. The van der Waals surface area contributed by atoms with Gasteiger partial charge in [0.15, 0.2) is 0 Å². The molecule has 3 unspecified atom stereocenters. The molecule has 1 aliphatic carbocycles. The average molecular weight is 259 g/mol. The minimum Gasteiger partial charge on any atom is -0.330 e. The number of fused-ring (bicyclic) bond motifs is 2. The fraction of sp³-hybridized carbons (Fsp3) is 0.533. The Hall–Kier alpha value is -1.42. The number of halogens is 1. The number of nitrogens with zero attached hydrogens (tertiary/aromatic N) is 2. The van der Waals surface area contributed by atoms with Gasteiger partial charge in [0.1, 0.15) is 11.6 Å². The first-order valence-corrected chi connectivity index (χ1v) is 7.09.